The van der Waals surface area contributed by atoms with Crippen molar-refractivity contribution in [3.8, 4) is 5.69 Å². The zero-order chi connectivity index (χ0) is 25.6. The van der Waals surface area contributed by atoms with Gasteiger partial charge in [-0.05, 0) is 68.8 Å². The molecule has 2 aromatic rings. The van der Waals surface area contributed by atoms with Gasteiger partial charge in [0.05, 0.1) is 25.2 Å². The fourth-order valence-corrected chi connectivity index (χ4v) is 5.55. The van der Waals surface area contributed by atoms with Crippen LogP contribution in [0.25, 0.3) is 11.8 Å². The van der Waals surface area contributed by atoms with Crippen LogP contribution in [0.2, 0.25) is 0 Å². The van der Waals surface area contributed by atoms with Crippen LogP contribution in [0.5, 0.6) is 0 Å². The van der Waals surface area contributed by atoms with E-state index in [1.165, 1.54) is 22.3 Å². The molecule has 5 rings (SSSR count). The number of nitrogens with zero attached hydrogens (tertiary/aromatic N) is 5. The molecule has 0 atom stereocenters. The van der Waals surface area contributed by atoms with E-state index in [1.54, 1.807) is 11.0 Å². The van der Waals surface area contributed by atoms with Crippen molar-refractivity contribution in [3.05, 3.63) is 57.9 Å². The number of morpholine rings is 1. The maximum absolute atomic E-state index is 12.9. The average Bonchev–Trinajstić information content (AvgIpc) is 3.37. The highest BCUT2D eigenvalue weighted by atomic mass is 32.2. The van der Waals surface area contributed by atoms with Gasteiger partial charge in [-0.25, -0.2) is 0 Å². The Morgan fingerprint density at radius 3 is 2.64 bits per heavy atom. The normalized spacial score (nSPS) is 19.1. The van der Waals surface area contributed by atoms with E-state index in [9.17, 15) is 9.59 Å². The van der Waals surface area contributed by atoms with Crippen LogP contribution in [0, 0.1) is 33.1 Å². The number of carbonyl (C=O) groups excluding carboxylic acids is 2. The second-order valence-corrected chi connectivity index (χ2v) is 10.2. The molecule has 0 radical (unpaired) electrons. The number of benzene rings is 1. The summed E-state index contributed by atoms with van der Waals surface area (Å²) in [7, 11) is 0. The quantitative estimate of drug-likeness (QED) is 0.641. The second-order valence-electron chi connectivity index (χ2n) is 9.14. The highest BCUT2D eigenvalue weighted by Crippen LogP contribution is 2.31. The number of ether oxygens (including phenoxy) is 1. The van der Waals surface area contributed by atoms with Crippen LogP contribution in [0.4, 0.5) is 0 Å². The number of aromatic nitrogens is 1. The fraction of sp³-hybridized carbons (Fsp3) is 0.346. The Labute approximate surface area is 214 Å². The van der Waals surface area contributed by atoms with Gasteiger partial charge in [-0.3, -0.25) is 15.0 Å². The fourth-order valence-electron chi connectivity index (χ4n) is 4.67. The summed E-state index contributed by atoms with van der Waals surface area (Å²) in [5.74, 6) is -0.564. The molecule has 9 nitrogen and oxygen atoms in total. The van der Waals surface area contributed by atoms with Crippen LogP contribution in [0.15, 0.2) is 39.9 Å². The first-order valence-corrected chi connectivity index (χ1v) is 12.7. The van der Waals surface area contributed by atoms with Gasteiger partial charge in [0, 0.05) is 30.2 Å². The van der Waals surface area contributed by atoms with E-state index in [2.05, 4.69) is 46.7 Å². The minimum atomic E-state index is -0.481. The number of amidine groups is 2. The molecule has 0 unspecified atom stereocenters. The predicted molar refractivity (Wildman–Crippen MR) is 142 cm³/mol. The smallest absolute Gasteiger partial charge is 0.283 e. The highest BCUT2D eigenvalue weighted by Gasteiger charge is 2.36. The van der Waals surface area contributed by atoms with Crippen LogP contribution in [0.1, 0.15) is 34.5 Å². The number of nitrogens with one attached hydrogen (secondary N) is 1. The maximum Gasteiger partial charge on any atom is 0.283 e. The number of thioether (sulfide) groups is 1. The summed E-state index contributed by atoms with van der Waals surface area (Å²) < 4.78 is 7.46. The van der Waals surface area contributed by atoms with Crippen molar-refractivity contribution in [2.75, 3.05) is 26.3 Å². The third-order valence-corrected chi connectivity index (χ3v) is 7.43. The van der Waals surface area contributed by atoms with E-state index in [1.807, 2.05) is 19.9 Å². The van der Waals surface area contributed by atoms with Crippen LogP contribution < -0.4 is 0 Å². The summed E-state index contributed by atoms with van der Waals surface area (Å²) >= 11 is 1.17. The van der Waals surface area contributed by atoms with Crippen molar-refractivity contribution in [3.63, 3.8) is 0 Å². The number of hydrogen-bond acceptors (Lipinski definition) is 6. The Bertz CT molecular complexity index is 1380. The molecule has 2 amide bonds. The third-order valence-electron chi connectivity index (χ3n) is 6.53. The zero-order valence-electron chi connectivity index (χ0n) is 20.8. The largest absolute Gasteiger partial charge is 0.378 e. The lowest BCUT2D eigenvalue weighted by Gasteiger charge is -2.26. The molecule has 36 heavy (non-hydrogen) atoms. The molecule has 186 valence electrons. The van der Waals surface area contributed by atoms with Gasteiger partial charge in [0.25, 0.3) is 5.91 Å². The highest BCUT2D eigenvalue weighted by molar-refractivity contribution is 8.27. The molecule has 1 saturated heterocycles. The van der Waals surface area contributed by atoms with Crippen LogP contribution in [0.3, 0.4) is 0 Å². The second kappa shape index (κ2) is 9.51. The van der Waals surface area contributed by atoms with Crippen molar-refractivity contribution in [1.82, 2.24) is 14.5 Å². The van der Waals surface area contributed by atoms with E-state index in [-0.39, 0.29) is 23.7 Å². The first-order valence-electron chi connectivity index (χ1n) is 11.8. The maximum atomic E-state index is 12.9. The lowest BCUT2D eigenvalue weighted by molar-refractivity contribution is -0.133. The predicted octanol–water partition coefficient (Wildman–Crippen LogP) is 3.58. The Morgan fingerprint density at radius 1 is 1.17 bits per heavy atom. The number of rotatable bonds is 4. The Hall–Kier alpha value is -3.50. The van der Waals surface area contributed by atoms with E-state index in [0.29, 0.717) is 36.5 Å². The molecule has 0 saturated carbocycles. The van der Waals surface area contributed by atoms with Gasteiger partial charge in [-0.1, -0.05) is 17.7 Å². The van der Waals surface area contributed by atoms with E-state index in [0.717, 1.165) is 28.2 Å². The molecule has 10 heteroatoms. The lowest BCUT2D eigenvalue weighted by atomic mass is 10.1. The van der Waals surface area contributed by atoms with Gasteiger partial charge < -0.3 is 14.2 Å². The molecular formula is C26H28N6O3S. The average molecular weight is 505 g/mol. The van der Waals surface area contributed by atoms with E-state index >= 15 is 0 Å². The van der Waals surface area contributed by atoms with E-state index < -0.39 is 5.91 Å². The van der Waals surface area contributed by atoms with Crippen LogP contribution in [-0.2, 0) is 14.3 Å². The van der Waals surface area contributed by atoms with Gasteiger partial charge in [-0.15, -0.1) is 0 Å². The summed E-state index contributed by atoms with van der Waals surface area (Å²) in [4.78, 5) is 31.5. The van der Waals surface area contributed by atoms with E-state index in [4.69, 9.17) is 10.1 Å². The lowest BCUT2D eigenvalue weighted by Crippen LogP contribution is -2.41. The zero-order valence-corrected chi connectivity index (χ0v) is 21.6. The molecule has 0 spiro atoms. The summed E-state index contributed by atoms with van der Waals surface area (Å²) in [5.41, 5.74) is 6.46. The molecule has 0 aliphatic carbocycles. The number of aliphatic imine (C=N–C) groups is 1. The Morgan fingerprint density at radius 2 is 1.92 bits per heavy atom. The third kappa shape index (κ3) is 4.42. The van der Waals surface area contributed by atoms with Crippen LogP contribution in [-0.4, -0.2) is 68.6 Å². The molecule has 3 aliphatic heterocycles. The minimum absolute atomic E-state index is 0.0392. The number of hydrazone groups is 1. The van der Waals surface area contributed by atoms with Gasteiger partial charge in [0.2, 0.25) is 11.1 Å². The first-order chi connectivity index (χ1) is 17.2. The summed E-state index contributed by atoms with van der Waals surface area (Å²) in [6.07, 6.45) is 1.82. The molecule has 4 heterocycles. The summed E-state index contributed by atoms with van der Waals surface area (Å²) in [5, 5.41) is 15.3. The SMILES string of the molecule is Cc1ccc(-n2c(C)cc(/C=C3/C(=N)N4N=C(CC(=O)N5CCOCC5)SC4=NC3=O)c2C)c(C)c1. The molecule has 1 aromatic heterocycles. The van der Waals surface area contributed by atoms with Crippen molar-refractivity contribution in [2.45, 2.75) is 34.1 Å². The molecule has 0 bridgehead atoms. The van der Waals surface area contributed by atoms with Crippen molar-refractivity contribution < 1.29 is 14.3 Å². The number of carbonyl (C=O) groups is 2. The summed E-state index contributed by atoms with van der Waals surface area (Å²) in [6, 6.07) is 8.34. The van der Waals surface area contributed by atoms with Crippen LogP contribution >= 0.6 is 11.8 Å². The number of fused-ring (bicyclic) bond motifs is 1. The van der Waals surface area contributed by atoms with Crippen molar-refractivity contribution >= 4 is 45.7 Å². The minimum Gasteiger partial charge on any atom is -0.378 e. The Balaban J connectivity index is 1.41. The number of amides is 2. The topological polar surface area (TPSA) is 103 Å². The van der Waals surface area contributed by atoms with Gasteiger partial charge >= 0.3 is 0 Å². The molecule has 1 N–H and O–H groups in total. The monoisotopic (exact) mass is 504 g/mol. The number of aryl methyl sites for hydroxylation is 3. The number of hydrogen-bond donors (Lipinski definition) is 1. The molecular weight excluding hydrogens is 476 g/mol. The van der Waals surface area contributed by atoms with Gasteiger partial charge in [0.15, 0.2) is 5.84 Å². The molecule has 3 aliphatic rings. The van der Waals surface area contributed by atoms with Crippen molar-refractivity contribution in [1.29, 1.82) is 5.41 Å². The van der Waals surface area contributed by atoms with Gasteiger partial charge in [-0.2, -0.15) is 15.1 Å². The molecule has 1 fully saturated rings. The first kappa shape index (κ1) is 24.2. The standard InChI is InChI=1S/C26H28N6O3S/c1-15-5-6-21(16(2)11-15)31-17(3)12-19(18(31)4)13-20-24(27)32-26(28-25(20)34)36-22(29-32)14-23(33)30-7-9-35-10-8-30/h5-6,11-13,27H,7-10,14H2,1-4H3/b20-13-,27-24?. The van der Waals surface area contributed by atoms with Crippen molar-refractivity contribution in [2.24, 2.45) is 10.1 Å². The molecule has 1 aromatic carbocycles. The van der Waals surface area contributed by atoms with Gasteiger partial charge in [0.1, 0.15) is 5.04 Å². The Kier molecular flexibility index (Phi) is 6.40. The summed E-state index contributed by atoms with van der Waals surface area (Å²) in [6.45, 7) is 10.4.